The van der Waals surface area contributed by atoms with Gasteiger partial charge in [0.05, 0.1) is 17.7 Å². The number of nitrogens with zero attached hydrogens (tertiary/aromatic N) is 2. The van der Waals surface area contributed by atoms with Crippen LogP contribution in [0.4, 0.5) is 4.39 Å². The average Bonchev–Trinajstić information content (AvgIpc) is 2.63. The zero-order valence-corrected chi connectivity index (χ0v) is 10.3. The number of aryl methyl sites for hydroxylation is 1. The highest BCUT2D eigenvalue weighted by atomic mass is 79.9. The Balaban J connectivity index is 2.66. The molecule has 0 saturated heterocycles. The van der Waals surface area contributed by atoms with Crippen molar-refractivity contribution in [3.8, 4) is 11.3 Å². The fourth-order valence-electron chi connectivity index (χ4n) is 1.65. The zero-order valence-electron chi connectivity index (χ0n) is 8.74. The van der Waals surface area contributed by atoms with Gasteiger partial charge in [-0.05, 0) is 18.2 Å². The summed E-state index contributed by atoms with van der Waals surface area (Å²) in [6, 6.07) is 4.82. The maximum atomic E-state index is 13.7. The summed E-state index contributed by atoms with van der Waals surface area (Å²) in [6.07, 6.45) is 1.64. The van der Waals surface area contributed by atoms with E-state index in [-0.39, 0.29) is 5.82 Å². The number of aromatic nitrogens is 2. The summed E-state index contributed by atoms with van der Waals surface area (Å²) in [5.41, 5.74) is 7.51. The second-order valence-corrected chi connectivity index (χ2v) is 4.39. The number of hydrogen-bond acceptors (Lipinski definition) is 2. The van der Waals surface area contributed by atoms with Crippen LogP contribution in [0.2, 0.25) is 0 Å². The third kappa shape index (κ3) is 1.88. The minimum Gasteiger partial charge on any atom is -0.333 e. The number of halogens is 2. The minimum absolute atomic E-state index is 0.276. The maximum Gasteiger partial charge on any atom is 0.132 e. The van der Waals surface area contributed by atoms with Crippen molar-refractivity contribution in [3.05, 3.63) is 40.5 Å². The Hall–Kier alpha value is -1.20. The largest absolute Gasteiger partial charge is 0.333 e. The lowest BCUT2D eigenvalue weighted by molar-refractivity contribution is 0.629. The molecule has 1 aromatic carbocycles. The molecule has 84 valence electrons. The van der Waals surface area contributed by atoms with E-state index < -0.39 is 0 Å². The quantitative estimate of drug-likeness (QED) is 0.920. The molecule has 0 fully saturated rings. The molecule has 0 unspecified atom stereocenters. The number of hydrogen-bond donors (Lipinski definition) is 1. The van der Waals surface area contributed by atoms with Crippen LogP contribution >= 0.6 is 15.9 Å². The van der Waals surface area contributed by atoms with Crippen molar-refractivity contribution in [2.45, 2.75) is 6.54 Å². The number of benzene rings is 1. The lowest BCUT2D eigenvalue weighted by Crippen LogP contribution is -2.01. The molecule has 1 heterocycles. The molecule has 0 atom stereocenters. The normalized spacial score (nSPS) is 10.8. The fourth-order valence-corrected chi connectivity index (χ4v) is 2.01. The third-order valence-corrected chi connectivity index (χ3v) is 2.88. The zero-order chi connectivity index (χ0) is 11.7. The summed E-state index contributed by atoms with van der Waals surface area (Å²) in [6.45, 7) is 0.294. The molecule has 0 aliphatic heterocycles. The molecule has 2 N–H and O–H groups in total. The first-order valence-electron chi connectivity index (χ1n) is 4.79. The van der Waals surface area contributed by atoms with Crippen LogP contribution in [0.1, 0.15) is 5.69 Å². The molecule has 0 spiro atoms. The molecule has 3 nitrogen and oxygen atoms in total. The summed E-state index contributed by atoms with van der Waals surface area (Å²) in [7, 11) is 1.82. The Labute approximate surface area is 101 Å². The van der Waals surface area contributed by atoms with Gasteiger partial charge in [-0.2, -0.15) is 0 Å². The lowest BCUT2D eigenvalue weighted by atomic mass is 10.1. The lowest BCUT2D eigenvalue weighted by Gasteiger charge is -2.07. The summed E-state index contributed by atoms with van der Waals surface area (Å²) in [5, 5.41) is 0. The molecular formula is C11H11BrFN3. The van der Waals surface area contributed by atoms with Gasteiger partial charge < -0.3 is 10.3 Å². The Morgan fingerprint density at radius 2 is 2.25 bits per heavy atom. The topological polar surface area (TPSA) is 43.8 Å². The highest BCUT2D eigenvalue weighted by Crippen LogP contribution is 2.28. The first kappa shape index (κ1) is 11.3. The molecule has 0 amide bonds. The molecule has 0 aliphatic rings. The molecule has 1 aromatic heterocycles. The van der Waals surface area contributed by atoms with Crippen molar-refractivity contribution in [1.82, 2.24) is 9.55 Å². The van der Waals surface area contributed by atoms with Crippen LogP contribution in [-0.2, 0) is 13.6 Å². The second-order valence-electron chi connectivity index (χ2n) is 3.48. The van der Waals surface area contributed by atoms with Crippen molar-refractivity contribution < 1.29 is 4.39 Å². The maximum absolute atomic E-state index is 13.7. The van der Waals surface area contributed by atoms with Gasteiger partial charge in [-0.15, -0.1) is 0 Å². The van der Waals surface area contributed by atoms with E-state index in [0.717, 1.165) is 10.2 Å². The minimum atomic E-state index is -0.276. The molecule has 2 rings (SSSR count). The van der Waals surface area contributed by atoms with E-state index in [1.54, 1.807) is 23.0 Å². The van der Waals surface area contributed by atoms with Crippen LogP contribution in [0.5, 0.6) is 0 Å². The molecule has 5 heteroatoms. The van der Waals surface area contributed by atoms with Crippen molar-refractivity contribution >= 4 is 15.9 Å². The molecule has 0 radical (unpaired) electrons. The average molecular weight is 284 g/mol. The highest BCUT2D eigenvalue weighted by molar-refractivity contribution is 9.10. The summed E-state index contributed by atoms with van der Waals surface area (Å²) in [5.74, 6) is -0.276. The van der Waals surface area contributed by atoms with Gasteiger partial charge in [-0.1, -0.05) is 15.9 Å². The van der Waals surface area contributed by atoms with E-state index in [4.69, 9.17) is 5.73 Å². The van der Waals surface area contributed by atoms with E-state index in [2.05, 4.69) is 20.9 Å². The number of imidazole rings is 1. The van der Waals surface area contributed by atoms with Crippen LogP contribution in [0.3, 0.4) is 0 Å². The van der Waals surface area contributed by atoms with E-state index >= 15 is 0 Å². The molecular weight excluding hydrogens is 273 g/mol. The van der Waals surface area contributed by atoms with Crippen molar-refractivity contribution in [3.63, 3.8) is 0 Å². The molecule has 0 aliphatic carbocycles. The van der Waals surface area contributed by atoms with Gasteiger partial charge in [0.1, 0.15) is 5.82 Å². The first-order valence-corrected chi connectivity index (χ1v) is 5.58. The van der Waals surface area contributed by atoms with Gasteiger partial charge in [0, 0.05) is 23.6 Å². The van der Waals surface area contributed by atoms with Gasteiger partial charge in [-0.3, -0.25) is 0 Å². The monoisotopic (exact) mass is 283 g/mol. The second kappa shape index (κ2) is 4.35. The van der Waals surface area contributed by atoms with Crippen LogP contribution in [0, 0.1) is 5.82 Å². The van der Waals surface area contributed by atoms with Crippen molar-refractivity contribution in [2.75, 3.05) is 0 Å². The van der Waals surface area contributed by atoms with Crippen LogP contribution < -0.4 is 5.73 Å². The highest BCUT2D eigenvalue weighted by Gasteiger charge is 2.14. The van der Waals surface area contributed by atoms with E-state index in [1.165, 1.54) is 6.07 Å². The fraction of sp³-hybridized carbons (Fsp3) is 0.182. The van der Waals surface area contributed by atoms with Gasteiger partial charge >= 0.3 is 0 Å². The van der Waals surface area contributed by atoms with E-state index in [0.29, 0.717) is 17.8 Å². The SMILES string of the molecule is Cn1cnc(CN)c1-c1cc(Br)ccc1F. The van der Waals surface area contributed by atoms with Crippen LogP contribution in [-0.4, -0.2) is 9.55 Å². The summed E-state index contributed by atoms with van der Waals surface area (Å²) >= 11 is 3.33. The predicted molar refractivity (Wildman–Crippen MR) is 64.2 cm³/mol. The standard InChI is InChI=1S/C11H11BrFN3/c1-16-6-15-10(5-14)11(16)8-4-7(12)2-3-9(8)13/h2-4,6H,5,14H2,1H3. The number of rotatable bonds is 2. The Kier molecular flexibility index (Phi) is 3.07. The van der Waals surface area contributed by atoms with E-state index in [9.17, 15) is 4.39 Å². The molecule has 0 bridgehead atoms. The van der Waals surface area contributed by atoms with Crippen LogP contribution in [0.15, 0.2) is 29.0 Å². The molecule has 0 saturated carbocycles. The Morgan fingerprint density at radius 3 is 2.94 bits per heavy atom. The third-order valence-electron chi connectivity index (χ3n) is 2.39. The molecule has 2 aromatic rings. The summed E-state index contributed by atoms with van der Waals surface area (Å²) in [4.78, 5) is 4.14. The number of nitrogens with two attached hydrogens (primary N) is 1. The van der Waals surface area contributed by atoms with E-state index in [1.807, 2.05) is 7.05 Å². The Bertz CT molecular complexity index is 522. The van der Waals surface area contributed by atoms with Gasteiger partial charge in [-0.25, -0.2) is 9.37 Å². The van der Waals surface area contributed by atoms with Gasteiger partial charge in [0.15, 0.2) is 0 Å². The van der Waals surface area contributed by atoms with Crippen molar-refractivity contribution in [2.24, 2.45) is 12.8 Å². The smallest absolute Gasteiger partial charge is 0.132 e. The van der Waals surface area contributed by atoms with Crippen LogP contribution in [0.25, 0.3) is 11.3 Å². The summed E-state index contributed by atoms with van der Waals surface area (Å²) < 4.78 is 16.3. The van der Waals surface area contributed by atoms with Gasteiger partial charge in [0.25, 0.3) is 0 Å². The first-order chi connectivity index (χ1) is 7.63. The molecule has 16 heavy (non-hydrogen) atoms. The predicted octanol–water partition coefficient (Wildman–Crippen LogP) is 2.45. The van der Waals surface area contributed by atoms with Gasteiger partial charge in [0.2, 0.25) is 0 Å². The van der Waals surface area contributed by atoms with Crippen molar-refractivity contribution in [1.29, 1.82) is 0 Å². The Morgan fingerprint density at radius 1 is 1.50 bits per heavy atom.